The summed E-state index contributed by atoms with van der Waals surface area (Å²) < 4.78 is 2.12. The number of aliphatic imine (C=N–C) groups is 1. The van der Waals surface area contributed by atoms with E-state index in [1.165, 1.54) is 17.0 Å². The number of fused-ring (bicyclic) bond motifs is 1. The first-order valence-electron chi connectivity index (χ1n) is 16.9. The van der Waals surface area contributed by atoms with Gasteiger partial charge in [0.2, 0.25) is 0 Å². The number of anilines is 1. The van der Waals surface area contributed by atoms with Crippen LogP contribution < -0.4 is 5.32 Å². The van der Waals surface area contributed by atoms with Crippen molar-refractivity contribution >= 4 is 51.4 Å². The van der Waals surface area contributed by atoms with Crippen LogP contribution in [0.25, 0.3) is 28.2 Å². The SMILES string of the molecule is CC(C)(C)[C@H]1CCc2c(sc(N=Cc3cc(-c4ccccc4)n(-c4ccc([N+](=O)[O-])cc4)c3-c3ccccc3)c2C(=O)Nc2ccc(Cl)cc2)C1. The van der Waals surface area contributed by atoms with E-state index in [-0.39, 0.29) is 17.0 Å². The molecule has 0 aliphatic heterocycles. The van der Waals surface area contributed by atoms with Gasteiger partial charge in [0.25, 0.3) is 11.6 Å². The summed E-state index contributed by atoms with van der Waals surface area (Å²) in [5.41, 5.74) is 7.89. The van der Waals surface area contributed by atoms with Crippen LogP contribution in [0.2, 0.25) is 5.02 Å². The van der Waals surface area contributed by atoms with Gasteiger partial charge in [-0.25, -0.2) is 4.99 Å². The number of thiophene rings is 1. The lowest BCUT2D eigenvalue weighted by Gasteiger charge is -2.33. The standard InChI is InChI=1S/C42H37ClN4O3S/c1-42(2,3)30-14-23-35-37(25-30)51-41(38(35)40(48)45-32-17-15-31(43)16-18-32)44-26-29-24-36(27-10-6-4-7-11-27)46(39(29)28-12-8-5-9-13-28)33-19-21-34(22-20-33)47(49)50/h4-13,15-22,24,26,30H,14,23,25H2,1-3H3,(H,45,48)/t30-/m0/s1. The summed E-state index contributed by atoms with van der Waals surface area (Å²) in [6, 6.07) is 35.9. The normalized spacial score (nSPS) is 14.4. The molecule has 0 bridgehead atoms. The van der Waals surface area contributed by atoms with Gasteiger partial charge in [-0.3, -0.25) is 14.9 Å². The molecule has 7 nitrogen and oxygen atoms in total. The van der Waals surface area contributed by atoms with Gasteiger partial charge in [0.15, 0.2) is 0 Å². The van der Waals surface area contributed by atoms with Crippen molar-refractivity contribution in [2.75, 3.05) is 5.32 Å². The Kier molecular flexibility index (Phi) is 9.46. The fraction of sp³-hybridized carbons (Fsp3) is 0.190. The van der Waals surface area contributed by atoms with E-state index in [4.69, 9.17) is 16.6 Å². The number of benzene rings is 4. The van der Waals surface area contributed by atoms with Gasteiger partial charge < -0.3 is 9.88 Å². The lowest BCUT2D eigenvalue weighted by molar-refractivity contribution is -0.384. The molecule has 1 amide bonds. The molecule has 1 N–H and O–H groups in total. The lowest BCUT2D eigenvalue weighted by Crippen LogP contribution is -2.27. The topological polar surface area (TPSA) is 89.5 Å². The molecule has 7 rings (SSSR count). The molecule has 0 radical (unpaired) electrons. The molecule has 2 heterocycles. The van der Waals surface area contributed by atoms with Crippen LogP contribution in [-0.2, 0) is 12.8 Å². The van der Waals surface area contributed by atoms with Crippen molar-refractivity contribution in [1.82, 2.24) is 4.57 Å². The molecule has 0 saturated heterocycles. The number of nitro benzene ring substituents is 1. The van der Waals surface area contributed by atoms with Crippen LogP contribution in [-0.4, -0.2) is 21.6 Å². The summed E-state index contributed by atoms with van der Waals surface area (Å²) in [4.78, 5) is 31.5. The number of nitrogens with one attached hydrogen (secondary N) is 1. The van der Waals surface area contributed by atoms with Crippen LogP contribution in [0.3, 0.4) is 0 Å². The summed E-state index contributed by atoms with van der Waals surface area (Å²) in [6.07, 6.45) is 4.59. The van der Waals surface area contributed by atoms with Gasteiger partial charge in [-0.05, 0) is 89.8 Å². The molecule has 256 valence electrons. The Morgan fingerprint density at radius 1 is 0.941 bits per heavy atom. The Bertz CT molecular complexity index is 2230. The first-order valence-corrected chi connectivity index (χ1v) is 18.1. The van der Waals surface area contributed by atoms with Gasteiger partial charge in [0, 0.05) is 45.2 Å². The second kappa shape index (κ2) is 14.1. The average Bonchev–Trinajstić information content (AvgIpc) is 3.70. The van der Waals surface area contributed by atoms with Crippen molar-refractivity contribution < 1.29 is 9.72 Å². The van der Waals surface area contributed by atoms with Crippen LogP contribution >= 0.6 is 22.9 Å². The predicted octanol–water partition coefficient (Wildman–Crippen LogP) is 11.6. The molecule has 0 saturated carbocycles. The Hall–Kier alpha value is -5.31. The smallest absolute Gasteiger partial charge is 0.269 e. The van der Waals surface area contributed by atoms with Crippen molar-refractivity contribution in [1.29, 1.82) is 0 Å². The molecule has 6 aromatic rings. The van der Waals surface area contributed by atoms with Crippen LogP contribution in [0.4, 0.5) is 16.4 Å². The molecular formula is C42H37ClN4O3S. The minimum Gasteiger partial charge on any atom is -0.322 e. The maximum Gasteiger partial charge on any atom is 0.269 e. The largest absolute Gasteiger partial charge is 0.322 e. The minimum absolute atomic E-state index is 0.0231. The van der Waals surface area contributed by atoms with Crippen molar-refractivity contribution in [2.24, 2.45) is 16.3 Å². The molecule has 1 aliphatic rings. The van der Waals surface area contributed by atoms with Crippen molar-refractivity contribution in [3.63, 3.8) is 0 Å². The second-order valence-corrected chi connectivity index (χ2v) is 15.4. The highest BCUT2D eigenvalue weighted by atomic mass is 35.5. The Balaban J connectivity index is 1.39. The fourth-order valence-electron chi connectivity index (χ4n) is 6.82. The molecule has 1 aliphatic carbocycles. The molecule has 0 spiro atoms. The third-order valence-electron chi connectivity index (χ3n) is 9.59. The molecule has 0 unspecified atom stereocenters. The number of amides is 1. The van der Waals surface area contributed by atoms with Gasteiger partial charge in [0.05, 0.1) is 21.9 Å². The van der Waals surface area contributed by atoms with Crippen molar-refractivity contribution in [3.8, 4) is 28.2 Å². The van der Waals surface area contributed by atoms with Crippen molar-refractivity contribution in [2.45, 2.75) is 40.0 Å². The van der Waals surface area contributed by atoms with Gasteiger partial charge in [0.1, 0.15) is 5.00 Å². The third kappa shape index (κ3) is 7.16. The number of carbonyl (C=O) groups excluding carboxylic acids is 1. The summed E-state index contributed by atoms with van der Waals surface area (Å²) in [5.74, 6) is 0.314. The molecule has 4 aromatic carbocycles. The van der Waals surface area contributed by atoms with E-state index in [0.717, 1.165) is 58.6 Å². The zero-order chi connectivity index (χ0) is 35.7. The first-order chi connectivity index (χ1) is 24.6. The number of aromatic nitrogens is 1. The molecular weight excluding hydrogens is 676 g/mol. The van der Waals surface area contributed by atoms with Crippen LogP contribution in [0.15, 0.2) is 120 Å². The van der Waals surface area contributed by atoms with E-state index in [1.54, 1.807) is 47.7 Å². The van der Waals surface area contributed by atoms with Gasteiger partial charge >= 0.3 is 0 Å². The molecule has 2 aromatic heterocycles. The number of hydrogen-bond acceptors (Lipinski definition) is 5. The van der Waals surface area contributed by atoms with Crippen LogP contribution in [0, 0.1) is 21.4 Å². The minimum atomic E-state index is -0.390. The van der Waals surface area contributed by atoms with E-state index in [2.05, 4.69) is 36.7 Å². The van der Waals surface area contributed by atoms with Crippen molar-refractivity contribution in [3.05, 3.63) is 152 Å². The highest BCUT2D eigenvalue weighted by molar-refractivity contribution is 7.16. The number of non-ortho nitro benzene ring substituents is 1. The zero-order valence-corrected chi connectivity index (χ0v) is 30.2. The van der Waals surface area contributed by atoms with E-state index in [0.29, 0.717) is 27.2 Å². The Morgan fingerprint density at radius 3 is 2.22 bits per heavy atom. The molecule has 0 fully saturated rings. The quantitative estimate of drug-likeness (QED) is 0.0967. The Morgan fingerprint density at radius 2 is 1.59 bits per heavy atom. The Labute approximate surface area is 306 Å². The highest BCUT2D eigenvalue weighted by Gasteiger charge is 2.34. The lowest BCUT2D eigenvalue weighted by atomic mass is 9.72. The first kappa shape index (κ1) is 34.2. The third-order valence-corrected chi connectivity index (χ3v) is 11.0. The van der Waals surface area contributed by atoms with Gasteiger partial charge in [-0.1, -0.05) is 93.0 Å². The second-order valence-electron chi connectivity index (χ2n) is 13.9. The molecule has 51 heavy (non-hydrogen) atoms. The fourth-order valence-corrected chi connectivity index (χ4v) is 8.22. The van der Waals surface area contributed by atoms with E-state index < -0.39 is 4.92 Å². The summed E-state index contributed by atoms with van der Waals surface area (Å²) in [7, 11) is 0. The number of nitro groups is 1. The van der Waals surface area contributed by atoms with Gasteiger partial charge in [-0.2, -0.15) is 0 Å². The maximum absolute atomic E-state index is 14.1. The van der Waals surface area contributed by atoms with Gasteiger partial charge in [-0.15, -0.1) is 11.3 Å². The summed E-state index contributed by atoms with van der Waals surface area (Å²) in [5, 5.41) is 15.9. The van der Waals surface area contributed by atoms with Crippen LogP contribution in [0.1, 0.15) is 53.6 Å². The summed E-state index contributed by atoms with van der Waals surface area (Å²) >= 11 is 7.73. The number of halogens is 1. The van der Waals surface area contributed by atoms with E-state index in [9.17, 15) is 14.9 Å². The van der Waals surface area contributed by atoms with Crippen LogP contribution in [0.5, 0.6) is 0 Å². The zero-order valence-electron chi connectivity index (χ0n) is 28.6. The average molecular weight is 713 g/mol. The van der Waals surface area contributed by atoms with E-state index >= 15 is 0 Å². The maximum atomic E-state index is 14.1. The molecule has 9 heteroatoms. The number of rotatable bonds is 8. The number of nitrogens with zero attached hydrogens (tertiary/aromatic N) is 3. The number of hydrogen-bond donors (Lipinski definition) is 1. The van der Waals surface area contributed by atoms with E-state index in [1.807, 2.05) is 66.9 Å². The number of carbonyl (C=O) groups is 1. The monoisotopic (exact) mass is 712 g/mol. The highest BCUT2D eigenvalue weighted by Crippen LogP contribution is 2.46. The molecule has 1 atom stereocenters. The predicted molar refractivity (Wildman–Crippen MR) is 209 cm³/mol. The summed E-state index contributed by atoms with van der Waals surface area (Å²) in [6.45, 7) is 6.86.